The molecule has 0 aliphatic carbocycles. The van der Waals surface area contributed by atoms with Gasteiger partial charge < -0.3 is 0 Å². The summed E-state index contributed by atoms with van der Waals surface area (Å²) in [5, 5.41) is 4.27. The van der Waals surface area contributed by atoms with Crippen LogP contribution in [0.5, 0.6) is 0 Å². The third-order valence-corrected chi connectivity index (χ3v) is 2.61. The molecule has 0 radical (unpaired) electrons. The van der Waals surface area contributed by atoms with Gasteiger partial charge in [-0.05, 0) is 19.9 Å². The van der Waals surface area contributed by atoms with Crippen LogP contribution in [0.1, 0.15) is 23.0 Å². The molecule has 0 N–H and O–H groups in total. The molecule has 0 unspecified atom stereocenters. The zero-order chi connectivity index (χ0) is 11.5. The highest BCUT2D eigenvalue weighted by Gasteiger charge is 2.08. The highest BCUT2D eigenvalue weighted by molar-refractivity contribution is 5.78. The second-order valence-corrected chi connectivity index (χ2v) is 3.58. The van der Waals surface area contributed by atoms with Gasteiger partial charge in [-0.15, -0.1) is 0 Å². The third kappa shape index (κ3) is 1.74. The highest BCUT2D eigenvalue weighted by Crippen LogP contribution is 2.22. The van der Waals surface area contributed by atoms with Gasteiger partial charge in [0.1, 0.15) is 0 Å². The molecule has 0 saturated heterocycles. The largest absolute Gasteiger partial charge is 0.298 e. The van der Waals surface area contributed by atoms with Crippen LogP contribution in [0.3, 0.4) is 0 Å². The lowest BCUT2D eigenvalue weighted by molar-refractivity contribution is 0.112. The number of carbonyl (C=O) groups is 1. The first kappa shape index (κ1) is 10.5. The molecule has 0 aromatic carbocycles. The molecule has 0 fully saturated rings. The summed E-state index contributed by atoms with van der Waals surface area (Å²) in [6, 6.07) is 1.82. The van der Waals surface area contributed by atoms with Crippen LogP contribution in [-0.4, -0.2) is 21.1 Å². The Morgan fingerprint density at radius 3 is 2.81 bits per heavy atom. The van der Waals surface area contributed by atoms with Gasteiger partial charge in [0.25, 0.3) is 0 Å². The molecule has 0 amide bonds. The molecule has 0 aliphatic rings. The summed E-state index contributed by atoms with van der Waals surface area (Å²) in [4.78, 5) is 14.7. The lowest BCUT2D eigenvalue weighted by atomic mass is 10.1. The summed E-state index contributed by atoms with van der Waals surface area (Å²) < 4.78 is 1.92. The Kier molecular flexibility index (Phi) is 2.81. The average Bonchev–Trinajstić information content (AvgIpc) is 2.70. The first-order chi connectivity index (χ1) is 7.76. The first-order valence-electron chi connectivity index (χ1n) is 5.19. The van der Waals surface area contributed by atoms with Crippen molar-refractivity contribution in [3.05, 3.63) is 35.9 Å². The van der Waals surface area contributed by atoms with Crippen molar-refractivity contribution in [3.8, 4) is 11.1 Å². The summed E-state index contributed by atoms with van der Waals surface area (Å²) >= 11 is 0. The van der Waals surface area contributed by atoms with Gasteiger partial charge in [-0.3, -0.25) is 14.5 Å². The molecule has 82 valence electrons. The van der Waals surface area contributed by atoms with Gasteiger partial charge in [0.2, 0.25) is 0 Å². The summed E-state index contributed by atoms with van der Waals surface area (Å²) in [6.07, 6.45) is 5.91. The summed E-state index contributed by atoms with van der Waals surface area (Å²) in [5.41, 5.74) is 3.63. The molecule has 0 bridgehead atoms. The summed E-state index contributed by atoms with van der Waals surface area (Å²) in [6.45, 7) is 4.90. The van der Waals surface area contributed by atoms with E-state index in [1.165, 1.54) is 0 Å². The number of rotatable bonds is 3. The van der Waals surface area contributed by atoms with E-state index < -0.39 is 0 Å². The van der Waals surface area contributed by atoms with E-state index in [0.29, 0.717) is 5.56 Å². The van der Waals surface area contributed by atoms with Gasteiger partial charge in [-0.2, -0.15) is 5.10 Å². The standard InChI is InChI=1S/C12H13N3O/c1-3-15-9(2)12(7-14-15)11-4-10(8-16)5-13-6-11/h4-8H,3H2,1-2H3. The van der Waals surface area contributed by atoms with Crippen molar-refractivity contribution in [3.63, 3.8) is 0 Å². The van der Waals surface area contributed by atoms with Crippen molar-refractivity contribution < 1.29 is 4.79 Å². The van der Waals surface area contributed by atoms with Crippen molar-refractivity contribution in [2.24, 2.45) is 0 Å². The van der Waals surface area contributed by atoms with Gasteiger partial charge >= 0.3 is 0 Å². The van der Waals surface area contributed by atoms with E-state index >= 15 is 0 Å². The molecule has 2 heterocycles. The van der Waals surface area contributed by atoms with E-state index in [4.69, 9.17) is 0 Å². The van der Waals surface area contributed by atoms with E-state index in [9.17, 15) is 4.79 Å². The van der Waals surface area contributed by atoms with Crippen LogP contribution in [-0.2, 0) is 6.54 Å². The van der Waals surface area contributed by atoms with E-state index in [2.05, 4.69) is 10.1 Å². The SMILES string of the molecule is CCn1ncc(-c2cncc(C=O)c2)c1C. The Labute approximate surface area is 93.9 Å². The number of pyridine rings is 1. The number of carbonyl (C=O) groups excluding carboxylic acids is 1. The fraction of sp³-hybridized carbons (Fsp3) is 0.250. The fourth-order valence-electron chi connectivity index (χ4n) is 1.72. The van der Waals surface area contributed by atoms with Gasteiger partial charge in [0, 0.05) is 41.3 Å². The molecule has 2 rings (SSSR count). The quantitative estimate of drug-likeness (QED) is 0.736. The fourth-order valence-corrected chi connectivity index (χ4v) is 1.72. The first-order valence-corrected chi connectivity index (χ1v) is 5.19. The highest BCUT2D eigenvalue weighted by atomic mass is 16.1. The van der Waals surface area contributed by atoms with Crippen LogP contribution in [0, 0.1) is 6.92 Å². The van der Waals surface area contributed by atoms with Crippen LogP contribution in [0.2, 0.25) is 0 Å². The van der Waals surface area contributed by atoms with Crippen LogP contribution in [0.25, 0.3) is 11.1 Å². The monoisotopic (exact) mass is 215 g/mol. The third-order valence-electron chi connectivity index (χ3n) is 2.61. The normalized spacial score (nSPS) is 10.4. The Morgan fingerprint density at radius 2 is 2.19 bits per heavy atom. The van der Waals surface area contributed by atoms with E-state index in [1.54, 1.807) is 12.4 Å². The Hall–Kier alpha value is -1.97. The van der Waals surface area contributed by atoms with Gasteiger partial charge in [0.15, 0.2) is 6.29 Å². The van der Waals surface area contributed by atoms with Crippen LogP contribution in [0.4, 0.5) is 0 Å². The number of hydrogen-bond acceptors (Lipinski definition) is 3. The molecule has 0 spiro atoms. The second-order valence-electron chi connectivity index (χ2n) is 3.58. The maximum absolute atomic E-state index is 10.7. The molecule has 0 saturated carbocycles. The molecule has 4 nitrogen and oxygen atoms in total. The lowest BCUT2D eigenvalue weighted by Gasteiger charge is -2.02. The molecule has 16 heavy (non-hydrogen) atoms. The predicted molar refractivity (Wildman–Crippen MR) is 61.3 cm³/mol. The van der Waals surface area contributed by atoms with Crippen molar-refractivity contribution in [2.75, 3.05) is 0 Å². The Morgan fingerprint density at radius 1 is 1.38 bits per heavy atom. The second kappa shape index (κ2) is 4.26. The van der Waals surface area contributed by atoms with Gasteiger partial charge in [0.05, 0.1) is 6.20 Å². The molecular weight excluding hydrogens is 202 g/mol. The lowest BCUT2D eigenvalue weighted by Crippen LogP contribution is -1.98. The molecule has 2 aromatic rings. The summed E-state index contributed by atoms with van der Waals surface area (Å²) in [7, 11) is 0. The molecule has 4 heteroatoms. The number of hydrogen-bond donors (Lipinski definition) is 0. The van der Waals surface area contributed by atoms with E-state index in [1.807, 2.05) is 30.8 Å². The Bertz CT molecular complexity index is 517. The Balaban J connectivity index is 2.49. The molecular formula is C12H13N3O. The predicted octanol–water partition coefficient (Wildman–Crippen LogP) is 2.09. The zero-order valence-corrected chi connectivity index (χ0v) is 9.34. The van der Waals surface area contributed by atoms with Crippen molar-refractivity contribution >= 4 is 6.29 Å². The zero-order valence-electron chi connectivity index (χ0n) is 9.34. The maximum Gasteiger partial charge on any atom is 0.151 e. The molecule has 0 atom stereocenters. The van der Waals surface area contributed by atoms with Crippen LogP contribution < -0.4 is 0 Å². The number of nitrogens with zero attached hydrogens (tertiary/aromatic N) is 3. The van der Waals surface area contributed by atoms with Crippen molar-refractivity contribution in [2.45, 2.75) is 20.4 Å². The minimum atomic E-state index is 0.584. The minimum absolute atomic E-state index is 0.584. The number of aldehydes is 1. The number of aryl methyl sites for hydroxylation is 1. The minimum Gasteiger partial charge on any atom is -0.298 e. The topological polar surface area (TPSA) is 47.8 Å². The van der Waals surface area contributed by atoms with Crippen molar-refractivity contribution in [1.82, 2.24) is 14.8 Å². The molecule has 2 aromatic heterocycles. The van der Waals surface area contributed by atoms with E-state index in [0.717, 1.165) is 29.7 Å². The average molecular weight is 215 g/mol. The van der Waals surface area contributed by atoms with Crippen molar-refractivity contribution in [1.29, 1.82) is 0 Å². The maximum atomic E-state index is 10.7. The van der Waals surface area contributed by atoms with Gasteiger partial charge in [-0.25, -0.2) is 0 Å². The summed E-state index contributed by atoms with van der Waals surface area (Å²) in [5.74, 6) is 0. The van der Waals surface area contributed by atoms with Crippen LogP contribution in [0.15, 0.2) is 24.7 Å². The number of aromatic nitrogens is 3. The van der Waals surface area contributed by atoms with E-state index in [-0.39, 0.29) is 0 Å². The smallest absolute Gasteiger partial charge is 0.151 e. The molecule has 0 aliphatic heterocycles. The van der Waals surface area contributed by atoms with Gasteiger partial charge in [-0.1, -0.05) is 0 Å². The van der Waals surface area contributed by atoms with Crippen LogP contribution >= 0.6 is 0 Å².